The van der Waals surface area contributed by atoms with Crippen molar-refractivity contribution in [3.8, 4) is 6.07 Å². The molecule has 0 unspecified atom stereocenters. The summed E-state index contributed by atoms with van der Waals surface area (Å²) < 4.78 is 4.84. The number of rotatable bonds is 6. The molecule has 0 spiro atoms. The van der Waals surface area contributed by atoms with Crippen molar-refractivity contribution in [1.29, 1.82) is 5.26 Å². The molecule has 1 aromatic heterocycles. The fourth-order valence-corrected chi connectivity index (χ4v) is 1.37. The maximum Gasteiger partial charge on any atom is 0.239 e. The maximum atomic E-state index is 11.6. The van der Waals surface area contributed by atoms with Gasteiger partial charge in [-0.3, -0.25) is 4.79 Å². The molecule has 96 valence electrons. The fourth-order valence-electron chi connectivity index (χ4n) is 1.37. The van der Waals surface area contributed by atoms with Gasteiger partial charge in [0, 0.05) is 32.6 Å². The van der Waals surface area contributed by atoms with E-state index in [1.54, 1.807) is 37.4 Å². The molecule has 6 nitrogen and oxygen atoms in total. The molecular formula is C12H16N4O2. The van der Waals surface area contributed by atoms with Gasteiger partial charge in [0.05, 0.1) is 13.2 Å². The van der Waals surface area contributed by atoms with Gasteiger partial charge in [0.1, 0.15) is 11.8 Å². The van der Waals surface area contributed by atoms with Crippen LogP contribution in [0.15, 0.2) is 18.3 Å². The van der Waals surface area contributed by atoms with E-state index in [4.69, 9.17) is 10.00 Å². The number of carbonyl (C=O) groups excluding carboxylic acids is 1. The van der Waals surface area contributed by atoms with Crippen LogP contribution < -0.4 is 10.2 Å². The smallest absolute Gasteiger partial charge is 0.239 e. The quantitative estimate of drug-likeness (QED) is 0.725. The number of pyridine rings is 1. The Morgan fingerprint density at radius 1 is 1.67 bits per heavy atom. The van der Waals surface area contributed by atoms with E-state index in [-0.39, 0.29) is 12.5 Å². The van der Waals surface area contributed by atoms with Crippen molar-refractivity contribution in [2.75, 3.05) is 38.8 Å². The monoisotopic (exact) mass is 248 g/mol. The Morgan fingerprint density at radius 2 is 2.44 bits per heavy atom. The first-order valence-electron chi connectivity index (χ1n) is 5.50. The second-order valence-corrected chi connectivity index (χ2v) is 3.71. The molecular weight excluding hydrogens is 232 g/mol. The Labute approximate surface area is 106 Å². The highest BCUT2D eigenvalue weighted by molar-refractivity contribution is 5.81. The number of methoxy groups -OCH3 is 1. The molecule has 0 saturated heterocycles. The number of nitrogens with one attached hydrogen (secondary N) is 1. The molecule has 0 aromatic carbocycles. The van der Waals surface area contributed by atoms with E-state index in [1.807, 2.05) is 6.07 Å². The summed E-state index contributed by atoms with van der Waals surface area (Å²) in [6.07, 6.45) is 1.55. The third kappa shape index (κ3) is 4.39. The molecule has 0 bridgehead atoms. The summed E-state index contributed by atoms with van der Waals surface area (Å²) in [6, 6.07) is 5.36. The molecule has 0 radical (unpaired) electrons. The molecule has 1 rings (SSSR count). The van der Waals surface area contributed by atoms with Crippen LogP contribution in [-0.2, 0) is 9.53 Å². The zero-order valence-electron chi connectivity index (χ0n) is 10.5. The molecule has 1 amide bonds. The Hall–Kier alpha value is -2.13. The zero-order valence-corrected chi connectivity index (χ0v) is 10.5. The molecule has 0 aliphatic heterocycles. The molecule has 0 aliphatic carbocycles. The average Bonchev–Trinajstić information content (AvgIpc) is 2.39. The highest BCUT2D eigenvalue weighted by Gasteiger charge is 2.07. The lowest BCUT2D eigenvalue weighted by Crippen LogP contribution is -2.36. The predicted molar refractivity (Wildman–Crippen MR) is 67.1 cm³/mol. The van der Waals surface area contributed by atoms with E-state index < -0.39 is 0 Å². The summed E-state index contributed by atoms with van der Waals surface area (Å²) in [4.78, 5) is 17.2. The Bertz CT molecular complexity index is 442. The van der Waals surface area contributed by atoms with Crippen LogP contribution in [0.3, 0.4) is 0 Å². The van der Waals surface area contributed by atoms with Gasteiger partial charge < -0.3 is 15.0 Å². The molecule has 1 N–H and O–H groups in total. The van der Waals surface area contributed by atoms with E-state index in [1.165, 1.54) is 0 Å². The summed E-state index contributed by atoms with van der Waals surface area (Å²) in [7, 11) is 3.37. The number of hydrogen-bond acceptors (Lipinski definition) is 5. The second kappa shape index (κ2) is 7.25. The van der Waals surface area contributed by atoms with Crippen molar-refractivity contribution in [1.82, 2.24) is 10.3 Å². The second-order valence-electron chi connectivity index (χ2n) is 3.71. The molecule has 6 heteroatoms. The van der Waals surface area contributed by atoms with Gasteiger partial charge in [-0.05, 0) is 12.1 Å². The minimum Gasteiger partial charge on any atom is -0.383 e. The van der Waals surface area contributed by atoms with E-state index in [0.717, 1.165) is 5.69 Å². The van der Waals surface area contributed by atoms with Crippen LogP contribution in [0.2, 0.25) is 0 Å². The van der Waals surface area contributed by atoms with Crippen LogP contribution in [0.4, 0.5) is 5.69 Å². The van der Waals surface area contributed by atoms with Gasteiger partial charge in [0.25, 0.3) is 0 Å². The molecule has 0 fully saturated rings. The largest absolute Gasteiger partial charge is 0.383 e. The van der Waals surface area contributed by atoms with Gasteiger partial charge in [-0.25, -0.2) is 4.98 Å². The Balaban J connectivity index is 2.51. The predicted octanol–water partition coefficient (Wildman–Crippen LogP) is 0.152. The first kappa shape index (κ1) is 13.9. The Morgan fingerprint density at radius 3 is 3.11 bits per heavy atom. The van der Waals surface area contributed by atoms with Crippen LogP contribution >= 0.6 is 0 Å². The van der Waals surface area contributed by atoms with Crippen LogP contribution in [0, 0.1) is 11.3 Å². The number of nitrogens with zero attached hydrogens (tertiary/aromatic N) is 3. The van der Waals surface area contributed by atoms with Gasteiger partial charge in [-0.1, -0.05) is 0 Å². The molecule has 1 aromatic rings. The van der Waals surface area contributed by atoms with Crippen molar-refractivity contribution < 1.29 is 9.53 Å². The normalized spacial score (nSPS) is 9.61. The number of aromatic nitrogens is 1. The molecule has 0 saturated carbocycles. The number of anilines is 1. The van der Waals surface area contributed by atoms with Crippen LogP contribution in [-0.4, -0.2) is 44.7 Å². The lowest BCUT2D eigenvalue weighted by Gasteiger charge is -2.18. The van der Waals surface area contributed by atoms with Gasteiger partial charge in [-0.2, -0.15) is 5.26 Å². The first-order chi connectivity index (χ1) is 8.67. The molecule has 0 aliphatic rings. The average molecular weight is 248 g/mol. The van der Waals surface area contributed by atoms with Crippen LogP contribution in [0.1, 0.15) is 5.69 Å². The minimum atomic E-state index is -0.0927. The maximum absolute atomic E-state index is 11.6. The van der Waals surface area contributed by atoms with Crippen LogP contribution in [0.5, 0.6) is 0 Å². The highest BCUT2D eigenvalue weighted by atomic mass is 16.5. The lowest BCUT2D eigenvalue weighted by atomic mass is 10.3. The third-order valence-corrected chi connectivity index (χ3v) is 2.31. The number of carbonyl (C=O) groups is 1. The summed E-state index contributed by atoms with van der Waals surface area (Å²) in [5.41, 5.74) is 1.11. The number of nitriles is 1. The van der Waals surface area contributed by atoms with Crippen molar-refractivity contribution in [3.05, 3.63) is 24.0 Å². The van der Waals surface area contributed by atoms with E-state index >= 15 is 0 Å². The van der Waals surface area contributed by atoms with Crippen molar-refractivity contribution >= 4 is 11.6 Å². The van der Waals surface area contributed by atoms with E-state index in [2.05, 4.69) is 10.3 Å². The summed E-state index contributed by atoms with van der Waals surface area (Å²) in [5.74, 6) is -0.0927. The summed E-state index contributed by atoms with van der Waals surface area (Å²) in [6.45, 7) is 1.20. The molecule has 18 heavy (non-hydrogen) atoms. The number of hydrogen-bond donors (Lipinski definition) is 1. The third-order valence-electron chi connectivity index (χ3n) is 2.31. The van der Waals surface area contributed by atoms with Crippen molar-refractivity contribution in [3.63, 3.8) is 0 Å². The van der Waals surface area contributed by atoms with E-state index in [9.17, 15) is 4.79 Å². The minimum absolute atomic E-state index is 0.0927. The topological polar surface area (TPSA) is 78.2 Å². The standard InChI is InChI=1S/C12H16N4O2/c1-16(9-12(17)15-5-6-18-2)11-3-4-14-10(7-11)8-13/h3-4,7H,5-6,9H2,1-2H3,(H,15,17). The number of ether oxygens (including phenoxy) is 1. The number of amides is 1. The van der Waals surface area contributed by atoms with Crippen molar-refractivity contribution in [2.24, 2.45) is 0 Å². The van der Waals surface area contributed by atoms with Gasteiger partial charge in [-0.15, -0.1) is 0 Å². The lowest BCUT2D eigenvalue weighted by molar-refractivity contribution is -0.119. The highest BCUT2D eigenvalue weighted by Crippen LogP contribution is 2.11. The first-order valence-corrected chi connectivity index (χ1v) is 5.50. The SMILES string of the molecule is COCCNC(=O)CN(C)c1ccnc(C#N)c1. The molecule has 0 atom stereocenters. The van der Waals surface area contributed by atoms with Gasteiger partial charge in [0.15, 0.2) is 0 Å². The van der Waals surface area contributed by atoms with Gasteiger partial charge in [0.2, 0.25) is 5.91 Å². The van der Waals surface area contributed by atoms with Crippen LogP contribution in [0.25, 0.3) is 0 Å². The van der Waals surface area contributed by atoms with Gasteiger partial charge >= 0.3 is 0 Å². The number of likely N-dealkylation sites (N-methyl/N-ethyl adjacent to an activating group) is 1. The van der Waals surface area contributed by atoms with E-state index in [0.29, 0.717) is 18.8 Å². The van der Waals surface area contributed by atoms with Crippen molar-refractivity contribution in [2.45, 2.75) is 0 Å². The summed E-state index contributed by atoms with van der Waals surface area (Å²) >= 11 is 0. The Kier molecular flexibility index (Phi) is 5.61. The summed E-state index contributed by atoms with van der Waals surface area (Å²) in [5, 5.41) is 11.5. The zero-order chi connectivity index (χ0) is 13.4. The molecule has 1 heterocycles. The fraction of sp³-hybridized carbons (Fsp3) is 0.417.